The molecular formula is C24H57BNO3P. The van der Waals surface area contributed by atoms with Gasteiger partial charge in [-0.2, -0.15) is 0 Å². The van der Waals surface area contributed by atoms with Crippen LogP contribution in [-0.4, -0.2) is 35.9 Å². The van der Waals surface area contributed by atoms with Gasteiger partial charge in [0.15, 0.2) is 0 Å². The van der Waals surface area contributed by atoms with Crippen molar-refractivity contribution in [1.82, 2.24) is 6.15 Å². The first-order chi connectivity index (χ1) is 14.1. The summed E-state index contributed by atoms with van der Waals surface area (Å²) >= 11 is 0. The third kappa shape index (κ3) is 20.2. The summed E-state index contributed by atoms with van der Waals surface area (Å²) in [5, 5.41) is 19.3. The molecule has 0 rings (SSSR count). The van der Waals surface area contributed by atoms with E-state index >= 15 is 0 Å². The van der Waals surface area contributed by atoms with Crippen LogP contribution in [0.3, 0.4) is 0 Å². The van der Waals surface area contributed by atoms with Crippen LogP contribution in [0.15, 0.2) is 0 Å². The minimum Gasteiger partial charge on any atom is -0.344 e. The van der Waals surface area contributed by atoms with Gasteiger partial charge in [-0.15, -0.1) is 0 Å². The molecule has 184 valence electrons. The average molecular weight is 450 g/mol. The topological polar surface area (TPSA) is 84.7 Å². The Kier molecular flexibility index (Phi) is 26.0. The number of hydrogen-bond donors (Lipinski definition) is 3. The van der Waals surface area contributed by atoms with E-state index in [1.54, 1.807) is 0 Å². The van der Waals surface area contributed by atoms with Gasteiger partial charge in [0, 0.05) is 0 Å². The number of hydrogen-bond acceptors (Lipinski definition) is 4. The number of unbranched alkanes of at least 4 members (excludes halogenated alkanes) is 15. The second-order valence-electron chi connectivity index (χ2n) is 9.18. The minimum atomic E-state index is -2.06. The van der Waals surface area contributed by atoms with Crippen LogP contribution in [-0.2, 0) is 4.44 Å². The molecule has 0 atom stereocenters. The van der Waals surface area contributed by atoms with Crippen LogP contribution in [0.5, 0.6) is 0 Å². The monoisotopic (exact) mass is 449 g/mol. The van der Waals surface area contributed by atoms with Crippen molar-refractivity contribution >= 4 is 14.8 Å². The van der Waals surface area contributed by atoms with Crippen LogP contribution in [0, 0.1) is 0 Å². The zero-order chi connectivity index (χ0) is 21.6. The van der Waals surface area contributed by atoms with Gasteiger partial charge in [0.25, 0.3) is 0 Å². The van der Waals surface area contributed by atoms with Gasteiger partial charge in [-0.1, -0.05) is 0 Å². The fourth-order valence-corrected chi connectivity index (χ4v) is 8.69. The molecule has 30 heavy (non-hydrogen) atoms. The maximum absolute atomic E-state index is 9.67. The van der Waals surface area contributed by atoms with E-state index < -0.39 is 14.8 Å². The normalized spacial score (nSPS) is 12.0. The van der Waals surface area contributed by atoms with Gasteiger partial charge in [-0.25, -0.2) is 0 Å². The summed E-state index contributed by atoms with van der Waals surface area (Å²) in [5.74, 6) is 0. The first kappa shape index (κ1) is 32.5. The van der Waals surface area contributed by atoms with E-state index in [-0.39, 0.29) is 6.15 Å². The van der Waals surface area contributed by atoms with Gasteiger partial charge in [0.05, 0.1) is 0 Å². The SMILES string of the molecule is CCCCCCCC[PH](CCCCCCCC)(CCCCCCCC)OB(O)O.N. The molecule has 0 radical (unpaired) electrons. The second-order valence-corrected chi connectivity index (χ2v) is 13.3. The predicted octanol–water partition coefficient (Wildman–Crippen LogP) is 7.88. The van der Waals surface area contributed by atoms with E-state index in [0.717, 1.165) is 18.5 Å². The Labute approximate surface area is 190 Å². The Hall–Kier alpha value is 0.335. The van der Waals surface area contributed by atoms with E-state index in [0.29, 0.717) is 0 Å². The smallest absolute Gasteiger partial charge is 0.344 e. The van der Waals surface area contributed by atoms with Gasteiger partial charge >= 0.3 is 184 Å². The summed E-state index contributed by atoms with van der Waals surface area (Å²) < 4.78 is 5.97. The molecule has 0 amide bonds. The van der Waals surface area contributed by atoms with Gasteiger partial charge in [-0.3, -0.25) is 0 Å². The maximum Gasteiger partial charge on any atom is -0.344 e. The molecule has 0 aromatic heterocycles. The zero-order valence-corrected chi connectivity index (χ0v) is 21.9. The first-order valence-electron chi connectivity index (χ1n) is 13.1. The molecule has 0 fully saturated rings. The van der Waals surface area contributed by atoms with Crippen molar-refractivity contribution in [3.63, 3.8) is 0 Å². The van der Waals surface area contributed by atoms with E-state index in [1.165, 1.54) is 116 Å². The Morgan fingerprint density at radius 2 is 0.767 bits per heavy atom. The van der Waals surface area contributed by atoms with Crippen LogP contribution >= 0.6 is 7.49 Å². The Bertz CT molecular complexity index is 295. The van der Waals surface area contributed by atoms with E-state index in [2.05, 4.69) is 20.8 Å². The molecule has 0 bridgehead atoms. The number of rotatable bonds is 23. The molecule has 0 aliphatic carbocycles. The summed E-state index contributed by atoms with van der Waals surface area (Å²) in [5.41, 5.74) is 0. The fraction of sp³-hybridized carbons (Fsp3) is 1.00. The molecule has 0 aliphatic heterocycles. The second kappa shape index (κ2) is 24.0. The molecule has 0 aromatic carbocycles. The molecule has 5 N–H and O–H groups in total. The van der Waals surface area contributed by atoms with Crippen molar-refractivity contribution in [2.75, 3.05) is 18.5 Å². The Morgan fingerprint density at radius 3 is 1.03 bits per heavy atom. The molecule has 4 nitrogen and oxygen atoms in total. The van der Waals surface area contributed by atoms with Crippen LogP contribution in [0.4, 0.5) is 0 Å². The maximum atomic E-state index is 9.67. The molecule has 0 saturated carbocycles. The van der Waals surface area contributed by atoms with Crippen molar-refractivity contribution in [1.29, 1.82) is 0 Å². The standard InChI is InChI=1S/C24H54BO3P.H3N/c1-4-7-10-13-16-19-22-29(28-25(26)27,23-20-17-14-11-8-5-2)24-21-18-15-12-9-6-3;/h26-27,29H,4-24H2,1-3H3;1H3. The van der Waals surface area contributed by atoms with Gasteiger partial charge < -0.3 is 6.15 Å². The van der Waals surface area contributed by atoms with Crippen molar-refractivity contribution < 1.29 is 14.5 Å². The molecule has 0 unspecified atom stereocenters. The van der Waals surface area contributed by atoms with Crippen molar-refractivity contribution in [2.24, 2.45) is 0 Å². The molecule has 0 heterocycles. The summed E-state index contributed by atoms with van der Waals surface area (Å²) in [7, 11) is -3.65. The van der Waals surface area contributed by atoms with Crippen molar-refractivity contribution in [3.05, 3.63) is 0 Å². The Morgan fingerprint density at radius 1 is 0.500 bits per heavy atom. The summed E-state index contributed by atoms with van der Waals surface area (Å²) in [6.07, 6.45) is 26.6. The van der Waals surface area contributed by atoms with Crippen LogP contribution in [0.25, 0.3) is 0 Å². The largest absolute Gasteiger partial charge is 0.344 e. The first-order valence-corrected chi connectivity index (χ1v) is 15.7. The van der Waals surface area contributed by atoms with Gasteiger partial charge in [0.1, 0.15) is 0 Å². The molecule has 6 heteroatoms. The zero-order valence-electron chi connectivity index (χ0n) is 20.9. The molecule has 0 aromatic rings. The molecule has 0 spiro atoms. The third-order valence-electron chi connectivity index (χ3n) is 6.31. The van der Waals surface area contributed by atoms with Crippen LogP contribution < -0.4 is 6.15 Å². The third-order valence-corrected chi connectivity index (χ3v) is 10.8. The molecule has 0 saturated heterocycles. The predicted molar refractivity (Wildman–Crippen MR) is 139 cm³/mol. The van der Waals surface area contributed by atoms with Gasteiger partial charge in [0.2, 0.25) is 0 Å². The van der Waals surface area contributed by atoms with Crippen molar-refractivity contribution in [3.8, 4) is 0 Å². The van der Waals surface area contributed by atoms with Crippen LogP contribution in [0.2, 0.25) is 0 Å². The molecule has 0 aliphatic rings. The minimum absolute atomic E-state index is 0. The average Bonchev–Trinajstić information content (AvgIpc) is 2.69. The quantitative estimate of drug-likeness (QED) is 0.0841. The van der Waals surface area contributed by atoms with E-state index in [9.17, 15) is 10.0 Å². The van der Waals surface area contributed by atoms with E-state index in [4.69, 9.17) is 4.44 Å². The summed E-state index contributed by atoms with van der Waals surface area (Å²) in [4.78, 5) is 0. The van der Waals surface area contributed by atoms with Gasteiger partial charge in [-0.05, 0) is 0 Å². The molecular weight excluding hydrogens is 392 g/mol. The summed E-state index contributed by atoms with van der Waals surface area (Å²) in [6, 6.07) is 0. The van der Waals surface area contributed by atoms with Crippen molar-refractivity contribution in [2.45, 2.75) is 136 Å². The van der Waals surface area contributed by atoms with E-state index in [1.807, 2.05) is 0 Å². The summed E-state index contributed by atoms with van der Waals surface area (Å²) in [6.45, 7) is 6.78. The Balaban J connectivity index is 0. The fourth-order valence-electron chi connectivity index (χ4n) is 4.46. The van der Waals surface area contributed by atoms with Crippen LogP contribution in [0.1, 0.15) is 136 Å².